The fourth-order valence-corrected chi connectivity index (χ4v) is 2.80. The van der Waals surface area contributed by atoms with E-state index in [0.29, 0.717) is 11.7 Å². The van der Waals surface area contributed by atoms with Crippen molar-refractivity contribution in [3.63, 3.8) is 0 Å². The molecule has 0 saturated heterocycles. The van der Waals surface area contributed by atoms with Gasteiger partial charge in [0.25, 0.3) is 0 Å². The highest BCUT2D eigenvalue weighted by Gasteiger charge is 2.11. The summed E-state index contributed by atoms with van der Waals surface area (Å²) in [5.41, 5.74) is 4.64. The molecule has 1 atom stereocenters. The fraction of sp³-hybridized carbons (Fsp3) is 0.316. The van der Waals surface area contributed by atoms with Crippen molar-refractivity contribution < 1.29 is 4.74 Å². The average Bonchev–Trinajstić information content (AvgIpc) is 2.51. The van der Waals surface area contributed by atoms with Crippen LogP contribution in [0.5, 0.6) is 5.75 Å². The Labute approximate surface area is 144 Å². The summed E-state index contributed by atoms with van der Waals surface area (Å²) in [6, 6.07) is 14.4. The molecule has 0 radical (unpaired) electrons. The van der Waals surface area contributed by atoms with Gasteiger partial charge in [-0.15, -0.1) is 0 Å². The van der Waals surface area contributed by atoms with E-state index in [0.717, 1.165) is 11.4 Å². The maximum Gasteiger partial charge on any atom is 0.171 e. The molecule has 122 valence electrons. The highest BCUT2D eigenvalue weighted by molar-refractivity contribution is 7.80. The van der Waals surface area contributed by atoms with Crippen LogP contribution in [0.1, 0.15) is 36.6 Å². The molecule has 2 aromatic rings. The SMILES string of the molecule is CCOc1ccccc1NC(=S)NC(C)c1cc(C)ccc1C. The maximum absolute atomic E-state index is 5.61. The molecule has 2 rings (SSSR count). The Hall–Kier alpha value is -2.07. The number of benzene rings is 2. The topological polar surface area (TPSA) is 33.3 Å². The molecule has 2 N–H and O–H groups in total. The van der Waals surface area contributed by atoms with Gasteiger partial charge in [0.15, 0.2) is 5.11 Å². The molecule has 1 unspecified atom stereocenters. The van der Waals surface area contributed by atoms with Crippen molar-refractivity contribution in [1.29, 1.82) is 0 Å². The van der Waals surface area contributed by atoms with Gasteiger partial charge in [0.05, 0.1) is 18.3 Å². The Kier molecular flexibility index (Phi) is 5.99. The first-order chi connectivity index (χ1) is 11.0. The first-order valence-corrected chi connectivity index (χ1v) is 8.28. The van der Waals surface area contributed by atoms with Crippen LogP contribution in [0.4, 0.5) is 5.69 Å². The number of nitrogens with one attached hydrogen (secondary N) is 2. The zero-order chi connectivity index (χ0) is 16.8. The number of thiocarbonyl (C=S) groups is 1. The van der Waals surface area contributed by atoms with Gasteiger partial charge >= 0.3 is 0 Å². The summed E-state index contributed by atoms with van der Waals surface area (Å²) in [4.78, 5) is 0. The van der Waals surface area contributed by atoms with E-state index in [4.69, 9.17) is 17.0 Å². The van der Waals surface area contributed by atoms with E-state index in [1.807, 2.05) is 31.2 Å². The van der Waals surface area contributed by atoms with E-state index in [2.05, 4.69) is 49.6 Å². The molecular weight excluding hydrogens is 304 g/mol. The highest BCUT2D eigenvalue weighted by Crippen LogP contribution is 2.24. The molecule has 0 bridgehead atoms. The van der Waals surface area contributed by atoms with Gasteiger partial charge in [0, 0.05) is 0 Å². The first-order valence-electron chi connectivity index (χ1n) is 7.87. The standard InChI is InChI=1S/C19H24N2OS/c1-5-22-18-9-7-6-8-17(18)21-19(23)20-15(4)16-12-13(2)10-11-14(16)3/h6-12,15H,5H2,1-4H3,(H2,20,21,23). The van der Waals surface area contributed by atoms with Crippen LogP contribution in [0.25, 0.3) is 0 Å². The molecule has 0 fully saturated rings. The summed E-state index contributed by atoms with van der Waals surface area (Å²) >= 11 is 5.45. The molecule has 3 nitrogen and oxygen atoms in total. The average molecular weight is 328 g/mol. The Morgan fingerprint density at radius 1 is 1.17 bits per heavy atom. The number of hydrogen-bond donors (Lipinski definition) is 2. The zero-order valence-corrected chi connectivity index (χ0v) is 15.0. The molecule has 4 heteroatoms. The number of para-hydroxylation sites is 2. The number of rotatable bonds is 5. The van der Waals surface area contributed by atoms with Crippen LogP contribution in [0.3, 0.4) is 0 Å². The third-order valence-electron chi connectivity index (χ3n) is 3.68. The molecular formula is C19H24N2OS. The first kappa shape index (κ1) is 17.3. The minimum absolute atomic E-state index is 0.133. The third-order valence-corrected chi connectivity index (χ3v) is 3.90. The molecule has 23 heavy (non-hydrogen) atoms. The zero-order valence-electron chi connectivity index (χ0n) is 14.1. The molecule has 0 aliphatic heterocycles. The number of anilines is 1. The van der Waals surface area contributed by atoms with Crippen LogP contribution in [-0.2, 0) is 0 Å². The van der Waals surface area contributed by atoms with Gasteiger partial charge in [-0.05, 0) is 63.2 Å². The number of ether oxygens (including phenoxy) is 1. The minimum atomic E-state index is 0.133. The van der Waals surface area contributed by atoms with E-state index in [-0.39, 0.29) is 6.04 Å². The molecule has 0 spiro atoms. The molecule has 0 aliphatic carbocycles. The molecule has 2 aromatic carbocycles. The lowest BCUT2D eigenvalue weighted by molar-refractivity contribution is 0.342. The van der Waals surface area contributed by atoms with Gasteiger partial charge in [0.2, 0.25) is 0 Å². The van der Waals surface area contributed by atoms with E-state index >= 15 is 0 Å². The van der Waals surface area contributed by atoms with Gasteiger partial charge < -0.3 is 15.4 Å². The third kappa shape index (κ3) is 4.70. The summed E-state index contributed by atoms with van der Waals surface area (Å²) in [7, 11) is 0. The molecule has 0 heterocycles. The van der Waals surface area contributed by atoms with Crippen LogP contribution in [0.15, 0.2) is 42.5 Å². The molecule has 0 aliphatic rings. The predicted octanol–water partition coefficient (Wildman–Crippen LogP) is 4.75. The van der Waals surface area contributed by atoms with Crippen molar-refractivity contribution in [3.8, 4) is 5.75 Å². The van der Waals surface area contributed by atoms with Crippen molar-refractivity contribution >= 4 is 23.0 Å². The fourth-order valence-electron chi connectivity index (χ4n) is 2.51. The number of hydrogen-bond acceptors (Lipinski definition) is 2. The lowest BCUT2D eigenvalue weighted by atomic mass is 10.0. The summed E-state index contributed by atoms with van der Waals surface area (Å²) in [5.74, 6) is 0.804. The molecule has 0 aromatic heterocycles. The molecule has 0 amide bonds. The van der Waals surface area contributed by atoms with Crippen molar-refractivity contribution in [2.45, 2.75) is 33.7 Å². The summed E-state index contributed by atoms with van der Waals surface area (Å²) in [6.07, 6.45) is 0. The second kappa shape index (κ2) is 7.97. The van der Waals surface area contributed by atoms with Crippen molar-refractivity contribution in [2.24, 2.45) is 0 Å². The van der Waals surface area contributed by atoms with Gasteiger partial charge in [-0.25, -0.2) is 0 Å². The van der Waals surface area contributed by atoms with Crippen LogP contribution < -0.4 is 15.4 Å². The van der Waals surface area contributed by atoms with Gasteiger partial charge in [-0.3, -0.25) is 0 Å². The van der Waals surface area contributed by atoms with Crippen LogP contribution in [0.2, 0.25) is 0 Å². The van der Waals surface area contributed by atoms with Crippen molar-refractivity contribution in [1.82, 2.24) is 5.32 Å². The van der Waals surface area contributed by atoms with Gasteiger partial charge in [-0.1, -0.05) is 35.9 Å². The highest BCUT2D eigenvalue weighted by atomic mass is 32.1. The minimum Gasteiger partial charge on any atom is -0.492 e. The quantitative estimate of drug-likeness (QED) is 0.776. The predicted molar refractivity (Wildman–Crippen MR) is 101 cm³/mol. The summed E-state index contributed by atoms with van der Waals surface area (Å²) in [6.45, 7) is 8.93. The van der Waals surface area contributed by atoms with E-state index < -0.39 is 0 Å². The lowest BCUT2D eigenvalue weighted by Gasteiger charge is -2.20. The Balaban J connectivity index is 2.06. The van der Waals surface area contributed by atoms with Crippen molar-refractivity contribution in [3.05, 3.63) is 59.2 Å². The Morgan fingerprint density at radius 2 is 1.91 bits per heavy atom. The second-order valence-corrected chi connectivity index (χ2v) is 6.02. The monoisotopic (exact) mass is 328 g/mol. The van der Waals surface area contributed by atoms with Crippen LogP contribution >= 0.6 is 12.2 Å². The van der Waals surface area contributed by atoms with Crippen molar-refractivity contribution in [2.75, 3.05) is 11.9 Å². The van der Waals surface area contributed by atoms with Crippen LogP contribution in [-0.4, -0.2) is 11.7 Å². The lowest BCUT2D eigenvalue weighted by Crippen LogP contribution is -2.31. The van der Waals surface area contributed by atoms with E-state index in [1.165, 1.54) is 16.7 Å². The van der Waals surface area contributed by atoms with Gasteiger partial charge in [-0.2, -0.15) is 0 Å². The largest absolute Gasteiger partial charge is 0.492 e. The summed E-state index contributed by atoms with van der Waals surface area (Å²) in [5, 5.41) is 7.16. The second-order valence-electron chi connectivity index (χ2n) is 5.61. The van der Waals surface area contributed by atoms with E-state index in [1.54, 1.807) is 0 Å². The van der Waals surface area contributed by atoms with E-state index in [9.17, 15) is 0 Å². The Bertz CT molecular complexity index is 685. The molecule has 0 saturated carbocycles. The number of aryl methyl sites for hydroxylation is 2. The van der Waals surface area contributed by atoms with Gasteiger partial charge in [0.1, 0.15) is 5.75 Å². The maximum atomic E-state index is 5.61. The van der Waals surface area contributed by atoms with Crippen LogP contribution in [0, 0.1) is 13.8 Å². The normalized spacial score (nSPS) is 11.7. The summed E-state index contributed by atoms with van der Waals surface area (Å²) < 4.78 is 5.61. The Morgan fingerprint density at radius 3 is 2.65 bits per heavy atom. The smallest absolute Gasteiger partial charge is 0.171 e.